The van der Waals surface area contributed by atoms with E-state index >= 15 is 0 Å². The molecule has 6 aliphatic rings. The first-order valence-electron chi connectivity index (χ1n) is 19.0. The molecule has 2 aliphatic carbocycles. The third-order valence-electron chi connectivity index (χ3n) is 12.3. The zero-order valence-electron chi connectivity index (χ0n) is 30.3. The second kappa shape index (κ2) is 18.6. The molecule has 0 aromatic rings. The summed E-state index contributed by atoms with van der Waals surface area (Å²) in [5.74, 6) is -0.789. The van der Waals surface area contributed by atoms with Gasteiger partial charge in [0.1, 0.15) is 79.4 Å². The predicted octanol–water partition coefficient (Wildman–Crippen LogP) is -7.20. The molecule has 21 heteroatoms. The first-order chi connectivity index (χ1) is 26.2. The highest BCUT2D eigenvalue weighted by Gasteiger charge is 2.58. The number of aliphatic hydroxyl groups is 15. The van der Waals surface area contributed by atoms with E-state index in [0.717, 1.165) is 0 Å². The summed E-state index contributed by atoms with van der Waals surface area (Å²) in [5, 5.41) is 136. The molecule has 4 aliphatic heterocycles. The molecule has 6 rings (SSSR count). The van der Waals surface area contributed by atoms with Crippen LogP contribution in [0.2, 0.25) is 0 Å². The van der Waals surface area contributed by atoms with E-state index in [1.54, 1.807) is 0 Å². The Morgan fingerprint density at radius 3 is 1.62 bits per heavy atom. The molecule has 0 spiro atoms. The van der Waals surface area contributed by atoms with Gasteiger partial charge in [-0.25, -0.2) is 0 Å². The maximum absolute atomic E-state index is 11.3. The van der Waals surface area contributed by atoms with Gasteiger partial charge in [0.15, 0.2) is 31.1 Å². The molecule has 24 atom stereocenters. The Bertz CT molecular complexity index is 1200. The van der Waals surface area contributed by atoms with Gasteiger partial charge in [0.05, 0.1) is 50.2 Å². The molecular weight excluding hydrogens is 744 g/mol. The molecule has 2 saturated carbocycles. The molecule has 0 radical (unpaired) electrons. The van der Waals surface area contributed by atoms with E-state index in [2.05, 4.69) is 0 Å². The zero-order valence-corrected chi connectivity index (χ0v) is 30.3. The summed E-state index contributed by atoms with van der Waals surface area (Å²) in [7, 11) is 1.48. The largest absolute Gasteiger partial charge is 0.427 e. The van der Waals surface area contributed by atoms with Crippen molar-refractivity contribution >= 4 is 0 Å². The highest BCUT2D eigenvalue weighted by Crippen LogP contribution is 2.44. The molecule has 0 aromatic heterocycles. The normalized spacial score (nSPS) is 53.8. The third kappa shape index (κ3) is 9.03. The summed E-state index contributed by atoms with van der Waals surface area (Å²) in [6.45, 7) is -2.20. The van der Waals surface area contributed by atoms with Crippen LogP contribution in [0.25, 0.3) is 0 Å². The second-order valence-corrected chi connectivity index (χ2v) is 15.7. The van der Waals surface area contributed by atoms with Crippen molar-refractivity contribution in [1.82, 2.24) is 0 Å². The third-order valence-corrected chi connectivity index (χ3v) is 12.3. The molecule has 14 N–H and O–H groups in total. The van der Waals surface area contributed by atoms with Crippen molar-refractivity contribution < 1.29 is 104 Å². The molecule has 0 aromatic carbocycles. The van der Waals surface area contributed by atoms with Crippen molar-refractivity contribution in [3.05, 3.63) is 0 Å². The van der Waals surface area contributed by atoms with Crippen molar-refractivity contribution in [2.75, 3.05) is 26.9 Å². The number of methoxy groups -OCH3 is 1. The maximum atomic E-state index is 11.3. The van der Waals surface area contributed by atoms with Gasteiger partial charge in [-0.05, 0) is 25.7 Å². The summed E-state index contributed by atoms with van der Waals surface area (Å²) < 4.78 is 46.5. The number of hydrogen-bond donors (Lipinski definition) is 13. The molecule has 320 valence electrons. The first-order valence-corrected chi connectivity index (χ1v) is 19.0. The smallest absolute Gasteiger partial charge is 0.187 e. The molecule has 4 saturated heterocycles. The number of fused-ring (bicyclic) bond motifs is 1. The lowest BCUT2D eigenvalue weighted by Crippen LogP contribution is -2.66. The summed E-state index contributed by atoms with van der Waals surface area (Å²) in [6.07, 6.45) is -28.1. The van der Waals surface area contributed by atoms with E-state index in [1.165, 1.54) is 7.11 Å². The molecule has 0 amide bonds. The Labute approximate surface area is 316 Å². The Morgan fingerprint density at radius 1 is 0.527 bits per heavy atom. The quantitative estimate of drug-likeness (QED) is 0.0863. The lowest BCUT2D eigenvalue weighted by molar-refractivity contribution is -0.390. The van der Waals surface area contributed by atoms with Gasteiger partial charge in [0, 0.05) is 25.9 Å². The van der Waals surface area contributed by atoms with Gasteiger partial charge in [-0.15, -0.1) is 0 Å². The van der Waals surface area contributed by atoms with Crippen molar-refractivity contribution in [3.8, 4) is 0 Å². The van der Waals surface area contributed by atoms with Crippen LogP contribution in [-0.4, -0.2) is 233 Å². The van der Waals surface area contributed by atoms with Gasteiger partial charge in [-0.3, -0.25) is 0 Å². The van der Waals surface area contributed by atoms with E-state index in [0.29, 0.717) is 19.3 Å². The van der Waals surface area contributed by atoms with Crippen LogP contribution in [0.5, 0.6) is 0 Å². The fraction of sp³-hybridized carbons (Fsp3) is 1.00. The standard InChI is InChI=1S/C34H58O21/c1-48-17-4-11(2-3-14(17)39)30-18(7-13-15(49-30)5-12(38)6-16(13)50-32-28(46)25(43)22(40)19(8-35)52-32)51-34-31(27(45)24(42)21(10-37)54-34)55-33-29(47)26(44)23(41)20(9-36)53-33/h11-47H,2-10H2,1H3/p+1/t11?,12?,13?,14?,15?,16?,17?,18?,19-,20-,21-,22-,23-,24-,25+,26+,27+,28-,29-,30?,31-,32-,33+,34-/m1/s1. The van der Waals surface area contributed by atoms with Gasteiger partial charge >= 0.3 is 0 Å². The molecule has 4 heterocycles. The summed E-state index contributed by atoms with van der Waals surface area (Å²) in [6, 6.07) is 0. The fourth-order valence-electron chi connectivity index (χ4n) is 9.04. The fourth-order valence-corrected chi connectivity index (χ4v) is 9.04. The Hall–Kier alpha value is -0.840. The Morgan fingerprint density at radius 2 is 1.05 bits per heavy atom. The first kappa shape index (κ1) is 43.7. The maximum Gasteiger partial charge on any atom is 0.187 e. The average molecular weight is 804 g/mol. The van der Waals surface area contributed by atoms with Crippen LogP contribution in [0.1, 0.15) is 38.5 Å². The highest BCUT2D eigenvalue weighted by atomic mass is 16.8. The van der Waals surface area contributed by atoms with Crippen molar-refractivity contribution in [1.29, 1.82) is 0 Å². The zero-order chi connectivity index (χ0) is 39.9. The van der Waals surface area contributed by atoms with Crippen molar-refractivity contribution in [2.45, 2.75) is 173 Å². The Kier molecular flexibility index (Phi) is 14.8. The van der Waals surface area contributed by atoms with E-state index in [4.69, 9.17) is 37.9 Å². The second-order valence-electron chi connectivity index (χ2n) is 15.7. The number of rotatable bonds is 11. The molecular formula is C34H59O21+. The van der Waals surface area contributed by atoms with Gasteiger partial charge in [-0.2, -0.15) is 0 Å². The van der Waals surface area contributed by atoms with E-state index < -0.39 is 161 Å². The van der Waals surface area contributed by atoms with Crippen LogP contribution in [0.3, 0.4) is 0 Å². The number of hydrogen-bond acceptors (Lipinski definition) is 20. The van der Waals surface area contributed by atoms with Crippen molar-refractivity contribution in [3.63, 3.8) is 0 Å². The van der Waals surface area contributed by atoms with E-state index in [1.807, 2.05) is 0 Å². The SMILES string of the molecule is COC1CC(C2[OH+]C3CC(O)CC(O[C@@H]4O[C@H](CO)[C@@H](O)[C@H](O)[C@H]4O)C3CC2O[C@@H]2O[C@H](CO)[C@@H](O)[C@H](O)[C@H]2O[C@@H]2O[C@H](CO)[C@@H](O)[C@H](O)[C@H]2O)CCC1O. The van der Waals surface area contributed by atoms with Crippen molar-refractivity contribution in [2.24, 2.45) is 11.8 Å². The summed E-state index contributed by atoms with van der Waals surface area (Å²) in [5.41, 5.74) is 0. The van der Waals surface area contributed by atoms with Crippen LogP contribution in [0.4, 0.5) is 0 Å². The van der Waals surface area contributed by atoms with Crippen LogP contribution in [0, 0.1) is 11.8 Å². The van der Waals surface area contributed by atoms with Crippen LogP contribution in [0.15, 0.2) is 0 Å². The van der Waals surface area contributed by atoms with Gasteiger partial charge in [-0.1, -0.05) is 0 Å². The number of aliphatic hydroxyl groups excluding tert-OH is 13. The Balaban J connectivity index is 1.29. The number of ether oxygens (including phenoxy) is 8. The van der Waals surface area contributed by atoms with Gasteiger partial charge in [0.2, 0.25) is 0 Å². The predicted molar refractivity (Wildman–Crippen MR) is 177 cm³/mol. The highest BCUT2D eigenvalue weighted by molar-refractivity contribution is 5.00. The molecule has 9 unspecified atom stereocenters. The van der Waals surface area contributed by atoms with Crippen LogP contribution in [-0.2, 0) is 33.2 Å². The summed E-state index contributed by atoms with van der Waals surface area (Å²) >= 11 is 0. The minimum atomic E-state index is -1.88. The average Bonchev–Trinajstić information content (AvgIpc) is 3.17. The van der Waals surface area contributed by atoms with E-state index in [9.17, 15) is 66.4 Å². The van der Waals surface area contributed by atoms with Crippen LogP contribution < -0.4 is 0 Å². The monoisotopic (exact) mass is 803 g/mol. The van der Waals surface area contributed by atoms with E-state index in [-0.39, 0.29) is 25.2 Å². The topological polar surface area (TPSA) is 340 Å². The minimum Gasteiger partial charge on any atom is -0.427 e. The molecule has 0 bridgehead atoms. The lowest BCUT2D eigenvalue weighted by Gasteiger charge is -2.51. The molecule has 21 nitrogen and oxygen atoms in total. The molecule has 55 heavy (non-hydrogen) atoms. The summed E-state index contributed by atoms with van der Waals surface area (Å²) in [4.78, 5) is 0. The van der Waals surface area contributed by atoms with Crippen LogP contribution >= 0.6 is 0 Å². The van der Waals surface area contributed by atoms with Gasteiger partial charge < -0.3 is 104 Å². The molecule has 6 fully saturated rings. The van der Waals surface area contributed by atoms with Gasteiger partial charge in [0.25, 0.3) is 0 Å². The lowest BCUT2D eigenvalue weighted by atomic mass is 9.72. The minimum absolute atomic E-state index is 0.0464.